The highest BCUT2D eigenvalue weighted by molar-refractivity contribution is 7.80. The van der Waals surface area contributed by atoms with Crippen molar-refractivity contribution in [3.63, 3.8) is 0 Å². The van der Waals surface area contributed by atoms with Crippen LogP contribution in [0, 0.1) is 0 Å². The number of thiocarbonyl (C=S) groups is 1. The summed E-state index contributed by atoms with van der Waals surface area (Å²) < 4.78 is 0. The maximum atomic E-state index is 12.0. The molecule has 0 radical (unpaired) electrons. The number of carboxylic acid groups (broad SMARTS) is 1. The van der Waals surface area contributed by atoms with Crippen LogP contribution in [0.5, 0.6) is 0 Å². The normalized spacial score (nSPS) is 9.92. The van der Waals surface area contributed by atoms with Gasteiger partial charge in [0, 0.05) is 18.5 Å². The predicted molar refractivity (Wildman–Crippen MR) is 99.2 cm³/mol. The van der Waals surface area contributed by atoms with Crippen molar-refractivity contribution in [2.45, 2.75) is 19.3 Å². The standard InChI is InChI=1S/C18H18N2O4S/c21-16(22)12-7-13-17(23)24-20(15-10-5-2-6-11-15)18(25)19-14-8-3-1-4-9-14/h1-6,8-11H,7,12-13H2,(H,19,25)(H,21,22). The van der Waals surface area contributed by atoms with Gasteiger partial charge in [0.25, 0.3) is 0 Å². The van der Waals surface area contributed by atoms with Crippen LogP contribution >= 0.6 is 12.2 Å². The van der Waals surface area contributed by atoms with E-state index in [1.165, 1.54) is 5.06 Å². The van der Waals surface area contributed by atoms with Crippen LogP contribution < -0.4 is 10.4 Å². The molecule has 0 atom stereocenters. The Balaban J connectivity index is 2.06. The van der Waals surface area contributed by atoms with Crippen molar-refractivity contribution in [1.29, 1.82) is 0 Å². The van der Waals surface area contributed by atoms with Gasteiger partial charge in [-0.2, -0.15) is 0 Å². The maximum absolute atomic E-state index is 12.0. The molecule has 0 aliphatic rings. The number of rotatable bonds is 6. The minimum absolute atomic E-state index is 0.0103. The van der Waals surface area contributed by atoms with Gasteiger partial charge in [0.2, 0.25) is 5.11 Å². The second kappa shape index (κ2) is 9.39. The van der Waals surface area contributed by atoms with Crippen LogP contribution in [0.15, 0.2) is 60.7 Å². The average Bonchev–Trinajstić information content (AvgIpc) is 2.61. The van der Waals surface area contributed by atoms with E-state index in [0.717, 1.165) is 5.69 Å². The van der Waals surface area contributed by atoms with E-state index in [9.17, 15) is 9.59 Å². The van der Waals surface area contributed by atoms with Crippen molar-refractivity contribution in [3.8, 4) is 0 Å². The lowest BCUT2D eigenvalue weighted by atomic mass is 10.2. The summed E-state index contributed by atoms with van der Waals surface area (Å²) in [4.78, 5) is 27.9. The summed E-state index contributed by atoms with van der Waals surface area (Å²) in [5, 5.41) is 13.1. The van der Waals surface area contributed by atoms with Crippen molar-refractivity contribution >= 4 is 40.6 Å². The summed E-state index contributed by atoms with van der Waals surface area (Å²) >= 11 is 5.36. The van der Waals surface area contributed by atoms with Crippen LogP contribution in [-0.2, 0) is 14.4 Å². The van der Waals surface area contributed by atoms with Gasteiger partial charge in [-0.1, -0.05) is 36.4 Å². The second-order valence-corrected chi connectivity index (χ2v) is 5.52. The van der Waals surface area contributed by atoms with Crippen LogP contribution in [0.2, 0.25) is 0 Å². The van der Waals surface area contributed by atoms with Gasteiger partial charge >= 0.3 is 11.9 Å². The number of hydrogen-bond acceptors (Lipinski definition) is 4. The minimum Gasteiger partial charge on any atom is -0.481 e. The van der Waals surface area contributed by atoms with Crippen LogP contribution in [0.25, 0.3) is 0 Å². The number of hydroxylamine groups is 1. The third-order valence-corrected chi connectivity index (χ3v) is 3.43. The minimum atomic E-state index is -0.950. The van der Waals surface area contributed by atoms with Crippen molar-refractivity contribution in [2.75, 3.05) is 10.4 Å². The van der Waals surface area contributed by atoms with E-state index in [1.807, 2.05) is 36.4 Å². The molecule has 0 unspecified atom stereocenters. The number of anilines is 2. The SMILES string of the molecule is O=C(O)CCCC(=O)ON(C(=S)Nc1ccccc1)c1ccccc1. The van der Waals surface area contributed by atoms with Gasteiger partial charge in [0.1, 0.15) is 0 Å². The summed E-state index contributed by atoms with van der Waals surface area (Å²) in [6, 6.07) is 18.2. The molecule has 2 aromatic rings. The fourth-order valence-corrected chi connectivity index (χ4v) is 2.26. The number of carboxylic acids is 1. The molecule has 6 nitrogen and oxygen atoms in total. The smallest absolute Gasteiger partial charge is 0.333 e. The molecular weight excluding hydrogens is 340 g/mol. The summed E-state index contributed by atoms with van der Waals surface area (Å²) in [5.41, 5.74) is 1.35. The van der Waals surface area contributed by atoms with Gasteiger partial charge in [-0.15, -0.1) is 5.06 Å². The van der Waals surface area contributed by atoms with E-state index in [4.69, 9.17) is 22.2 Å². The third kappa shape index (κ3) is 6.23. The molecule has 130 valence electrons. The lowest BCUT2D eigenvalue weighted by molar-refractivity contribution is -0.143. The Bertz CT molecular complexity index is 722. The van der Waals surface area contributed by atoms with Gasteiger partial charge in [-0.25, -0.2) is 4.79 Å². The zero-order valence-corrected chi connectivity index (χ0v) is 14.2. The zero-order valence-electron chi connectivity index (χ0n) is 13.4. The fraction of sp³-hybridized carbons (Fsp3) is 0.167. The summed E-state index contributed by atoms with van der Waals surface area (Å²) in [7, 11) is 0. The number of aliphatic carboxylic acids is 1. The highest BCUT2D eigenvalue weighted by Crippen LogP contribution is 2.17. The van der Waals surface area contributed by atoms with Gasteiger partial charge in [-0.05, 0) is 42.9 Å². The van der Waals surface area contributed by atoms with E-state index in [1.54, 1.807) is 24.3 Å². The topological polar surface area (TPSA) is 78.9 Å². The molecule has 0 spiro atoms. The summed E-state index contributed by atoms with van der Waals surface area (Å²) in [6.45, 7) is 0. The number of benzene rings is 2. The predicted octanol–water partition coefficient (Wildman–Crippen LogP) is 3.60. The Kier molecular flexibility index (Phi) is 6.91. The largest absolute Gasteiger partial charge is 0.481 e. The number of carbonyl (C=O) groups excluding carboxylic acids is 1. The molecule has 0 heterocycles. The Hall–Kier alpha value is -2.93. The van der Waals surface area contributed by atoms with Crippen molar-refractivity contribution in [2.24, 2.45) is 0 Å². The molecule has 0 aliphatic heterocycles. The number of carbonyl (C=O) groups is 2. The first-order chi connectivity index (χ1) is 12.1. The average molecular weight is 358 g/mol. The number of para-hydroxylation sites is 2. The molecular formula is C18H18N2O4S. The molecule has 0 saturated carbocycles. The Morgan fingerprint density at radius 1 is 1.00 bits per heavy atom. The van der Waals surface area contributed by atoms with E-state index in [0.29, 0.717) is 5.69 Å². The zero-order chi connectivity index (χ0) is 18.1. The van der Waals surface area contributed by atoms with Gasteiger partial charge in [-0.3, -0.25) is 4.79 Å². The monoisotopic (exact) mass is 358 g/mol. The molecule has 0 aromatic heterocycles. The van der Waals surface area contributed by atoms with E-state index in [-0.39, 0.29) is 24.4 Å². The van der Waals surface area contributed by atoms with Crippen LogP contribution in [0.1, 0.15) is 19.3 Å². The van der Waals surface area contributed by atoms with Crippen molar-refractivity contribution < 1.29 is 19.5 Å². The number of nitrogens with one attached hydrogen (secondary N) is 1. The third-order valence-electron chi connectivity index (χ3n) is 3.16. The first-order valence-electron chi connectivity index (χ1n) is 7.70. The molecule has 7 heteroatoms. The molecule has 2 rings (SSSR count). The van der Waals surface area contributed by atoms with Crippen molar-refractivity contribution in [3.05, 3.63) is 60.7 Å². The van der Waals surface area contributed by atoms with Gasteiger partial charge in [0.15, 0.2) is 0 Å². The second-order valence-electron chi connectivity index (χ2n) is 5.14. The lowest BCUT2D eigenvalue weighted by Gasteiger charge is -2.24. The molecule has 0 fully saturated rings. The van der Waals surface area contributed by atoms with Gasteiger partial charge in [0.05, 0.1) is 5.69 Å². The van der Waals surface area contributed by atoms with Crippen LogP contribution in [0.4, 0.5) is 11.4 Å². The quantitative estimate of drug-likeness (QED) is 0.603. The maximum Gasteiger partial charge on any atom is 0.333 e. The molecule has 0 aliphatic carbocycles. The molecule has 2 N–H and O–H groups in total. The Morgan fingerprint density at radius 3 is 2.20 bits per heavy atom. The lowest BCUT2D eigenvalue weighted by Crippen LogP contribution is -2.36. The van der Waals surface area contributed by atoms with Crippen LogP contribution in [0.3, 0.4) is 0 Å². The fourth-order valence-electron chi connectivity index (χ4n) is 2.00. The number of hydrogen-bond donors (Lipinski definition) is 2. The molecule has 2 aromatic carbocycles. The van der Waals surface area contributed by atoms with E-state index in [2.05, 4.69) is 5.32 Å². The highest BCUT2D eigenvalue weighted by atomic mass is 32.1. The molecule has 0 bridgehead atoms. The van der Waals surface area contributed by atoms with E-state index < -0.39 is 11.9 Å². The first-order valence-corrected chi connectivity index (χ1v) is 8.11. The van der Waals surface area contributed by atoms with Crippen molar-refractivity contribution in [1.82, 2.24) is 0 Å². The highest BCUT2D eigenvalue weighted by Gasteiger charge is 2.18. The summed E-state index contributed by atoms with van der Waals surface area (Å²) in [6.07, 6.45) is 0.104. The van der Waals surface area contributed by atoms with E-state index >= 15 is 0 Å². The first kappa shape index (κ1) is 18.4. The number of nitrogens with zero attached hydrogens (tertiary/aromatic N) is 1. The summed E-state index contributed by atoms with van der Waals surface area (Å²) in [5.74, 6) is -1.50. The molecule has 0 amide bonds. The molecule has 0 saturated heterocycles. The molecule has 25 heavy (non-hydrogen) atoms. The Labute approximate surface area is 151 Å². The van der Waals surface area contributed by atoms with Gasteiger partial charge < -0.3 is 15.3 Å². The Morgan fingerprint density at radius 2 is 1.60 bits per heavy atom. The van der Waals surface area contributed by atoms with Crippen LogP contribution in [-0.4, -0.2) is 22.2 Å².